The SMILES string of the molecule is [c]1nc2ccccc2cc1-c1ncc[nH]1. The van der Waals surface area contributed by atoms with Crippen LogP contribution in [0.4, 0.5) is 0 Å². The molecule has 1 N–H and O–H groups in total. The lowest BCUT2D eigenvalue weighted by molar-refractivity contribution is 1.28. The van der Waals surface area contributed by atoms with E-state index in [9.17, 15) is 0 Å². The minimum absolute atomic E-state index is 0.799. The molecule has 0 aliphatic rings. The molecule has 3 rings (SSSR count). The van der Waals surface area contributed by atoms with Crippen molar-refractivity contribution in [3.05, 3.63) is 48.9 Å². The average molecular weight is 194 g/mol. The van der Waals surface area contributed by atoms with Crippen LogP contribution in [0.2, 0.25) is 0 Å². The van der Waals surface area contributed by atoms with Crippen LogP contribution in [-0.2, 0) is 0 Å². The van der Waals surface area contributed by atoms with Gasteiger partial charge in [-0.1, -0.05) is 18.2 Å². The summed E-state index contributed by atoms with van der Waals surface area (Å²) in [6, 6.07) is 9.99. The summed E-state index contributed by atoms with van der Waals surface area (Å²) in [6.45, 7) is 0. The van der Waals surface area contributed by atoms with Gasteiger partial charge < -0.3 is 4.98 Å². The molecule has 0 atom stereocenters. The number of hydrogen-bond acceptors (Lipinski definition) is 2. The maximum Gasteiger partial charge on any atom is 0.139 e. The molecule has 0 amide bonds. The monoisotopic (exact) mass is 194 g/mol. The highest BCUT2D eigenvalue weighted by Crippen LogP contribution is 2.18. The van der Waals surface area contributed by atoms with Crippen LogP contribution in [0, 0.1) is 6.20 Å². The van der Waals surface area contributed by atoms with E-state index in [0.29, 0.717) is 0 Å². The lowest BCUT2D eigenvalue weighted by atomic mass is 10.1. The van der Waals surface area contributed by atoms with Crippen molar-refractivity contribution in [1.29, 1.82) is 0 Å². The summed E-state index contributed by atoms with van der Waals surface area (Å²) in [5, 5.41) is 1.10. The van der Waals surface area contributed by atoms with Gasteiger partial charge in [-0.15, -0.1) is 0 Å². The molecule has 0 bridgehead atoms. The van der Waals surface area contributed by atoms with Crippen LogP contribution < -0.4 is 0 Å². The number of aromatic nitrogens is 3. The second-order valence-electron chi connectivity index (χ2n) is 3.28. The highest BCUT2D eigenvalue weighted by atomic mass is 14.9. The van der Waals surface area contributed by atoms with Crippen LogP contribution in [0.25, 0.3) is 22.3 Å². The first-order valence-electron chi connectivity index (χ1n) is 4.71. The Morgan fingerprint density at radius 3 is 3.00 bits per heavy atom. The number of aromatic amines is 1. The van der Waals surface area contributed by atoms with E-state index in [1.54, 1.807) is 12.4 Å². The van der Waals surface area contributed by atoms with Gasteiger partial charge in [0.15, 0.2) is 0 Å². The number of pyridine rings is 1. The topological polar surface area (TPSA) is 41.6 Å². The Bertz CT molecular complexity index is 585. The van der Waals surface area contributed by atoms with Crippen molar-refractivity contribution in [1.82, 2.24) is 15.0 Å². The van der Waals surface area contributed by atoms with E-state index in [1.807, 2.05) is 30.3 Å². The summed E-state index contributed by atoms with van der Waals surface area (Å²) in [4.78, 5) is 11.5. The van der Waals surface area contributed by atoms with Gasteiger partial charge in [-0.25, -0.2) is 9.97 Å². The Hall–Kier alpha value is -2.16. The maximum absolute atomic E-state index is 4.25. The molecule has 0 saturated heterocycles. The number of benzene rings is 1. The second-order valence-corrected chi connectivity index (χ2v) is 3.28. The van der Waals surface area contributed by atoms with Gasteiger partial charge in [-0.2, -0.15) is 0 Å². The van der Waals surface area contributed by atoms with Crippen LogP contribution in [0.5, 0.6) is 0 Å². The van der Waals surface area contributed by atoms with Crippen LogP contribution in [0.15, 0.2) is 42.7 Å². The Balaban J connectivity index is 2.22. The van der Waals surface area contributed by atoms with Crippen molar-refractivity contribution in [2.45, 2.75) is 0 Å². The molecule has 3 heteroatoms. The molecule has 0 spiro atoms. The summed E-state index contributed by atoms with van der Waals surface area (Å²) in [5.41, 5.74) is 1.84. The fourth-order valence-corrected chi connectivity index (χ4v) is 1.55. The molecule has 15 heavy (non-hydrogen) atoms. The Morgan fingerprint density at radius 1 is 1.20 bits per heavy atom. The molecular formula is C12H8N3. The van der Waals surface area contributed by atoms with Gasteiger partial charge in [0.25, 0.3) is 0 Å². The zero-order valence-corrected chi connectivity index (χ0v) is 7.94. The van der Waals surface area contributed by atoms with E-state index in [-0.39, 0.29) is 0 Å². The van der Waals surface area contributed by atoms with Crippen molar-refractivity contribution < 1.29 is 0 Å². The Labute approximate surface area is 86.8 Å². The Morgan fingerprint density at radius 2 is 2.13 bits per heavy atom. The smallest absolute Gasteiger partial charge is 0.139 e. The number of hydrogen-bond donors (Lipinski definition) is 1. The molecule has 0 fully saturated rings. The third kappa shape index (κ3) is 1.38. The van der Waals surface area contributed by atoms with E-state index in [0.717, 1.165) is 22.3 Å². The zero-order valence-electron chi connectivity index (χ0n) is 7.94. The molecule has 2 heterocycles. The molecular weight excluding hydrogens is 186 g/mol. The van der Waals surface area contributed by atoms with E-state index < -0.39 is 0 Å². The van der Waals surface area contributed by atoms with Gasteiger partial charge in [0.2, 0.25) is 0 Å². The van der Waals surface area contributed by atoms with E-state index >= 15 is 0 Å². The van der Waals surface area contributed by atoms with Gasteiger partial charge in [-0.05, 0) is 12.1 Å². The van der Waals surface area contributed by atoms with E-state index in [1.165, 1.54) is 0 Å². The van der Waals surface area contributed by atoms with Crippen molar-refractivity contribution in [3.8, 4) is 11.4 Å². The first-order chi connectivity index (χ1) is 7.43. The van der Waals surface area contributed by atoms with Crippen molar-refractivity contribution >= 4 is 10.9 Å². The van der Waals surface area contributed by atoms with E-state index in [4.69, 9.17) is 0 Å². The number of imidazole rings is 1. The number of fused-ring (bicyclic) bond motifs is 1. The third-order valence-corrected chi connectivity index (χ3v) is 2.29. The fourth-order valence-electron chi connectivity index (χ4n) is 1.55. The summed E-state index contributed by atoms with van der Waals surface area (Å²) < 4.78 is 0. The molecule has 2 aromatic heterocycles. The van der Waals surface area contributed by atoms with Gasteiger partial charge >= 0.3 is 0 Å². The normalized spacial score (nSPS) is 10.7. The summed E-state index contributed by atoms with van der Waals surface area (Å²) >= 11 is 0. The molecule has 0 aliphatic heterocycles. The molecule has 0 unspecified atom stereocenters. The molecule has 1 aromatic carbocycles. The number of nitrogens with one attached hydrogen (secondary N) is 1. The minimum atomic E-state index is 0.799. The molecule has 0 aliphatic carbocycles. The predicted molar refractivity (Wildman–Crippen MR) is 58.2 cm³/mol. The first-order valence-corrected chi connectivity index (χ1v) is 4.71. The average Bonchev–Trinajstić information content (AvgIpc) is 2.82. The zero-order chi connectivity index (χ0) is 10.1. The lowest BCUT2D eigenvalue weighted by Gasteiger charge is -1.98. The molecule has 3 nitrogen and oxygen atoms in total. The lowest BCUT2D eigenvalue weighted by Crippen LogP contribution is -1.84. The highest BCUT2D eigenvalue weighted by Gasteiger charge is 2.02. The van der Waals surface area contributed by atoms with Gasteiger partial charge in [0.05, 0.1) is 5.52 Å². The number of H-pyrrole nitrogens is 1. The van der Waals surface area contributed by atoms with Crippen molar-refractivity contribution in [2.75, 3.05) is 0 Å². The van der Waals surface area contributed by atoms with E-state index in [2.05, 4.69) is 21.1 Å². The van der Waals surface area contributed by atoms with Gasteiger partial charge in [0, 0.05) is 23.3 Å². The first kappa shape index (κ1) is 8.17. The standard InChI is InChI=1S/C12H8N3/c1-2-4-11-9(3-1)7-10(8-15-11)12-13-5-6-14-12/h1-7H,(H,13,14). The fraction of sp³-hybridized carbons (Fsp3) is 0. The quantitative estimate of drug-likeness (QED) is 0.646. The maximum atomic E-state index is 4.25. The molecule has 1 radical (unpaired) electrons. The molecule has 0 saturated carbocycles. The number of nitrogens with zero attached hydrogens (tertiary/aromatic N) is 2. The minimum Gasteiger partial charge on any atom is -0.345 e. The third-order valence-electron chi connectivity index (χ3n) is 2.29. The van der Waals surface area contributed by atoms with Crippen LogP contribution in [0.3, 0.4) is 0 Å². The predicted octanol–water partition coefficient (Wildman–Crippen LogP) is 2.43. The molecule has 71 valence electrons. The number of rotatable bonds is 1. The van der Waals surface area contributed by atoms with Crippen LogP contribution >= 0.6 is 0 Å². The largest absolute Gasteiger partial charge is 0.345 e. The van der Waals surface area contributed by atoms with Crippen LogP contribution in [-0.4, -0.2) is 15.0 Å². The van der Waals surface area contributed by atoms with Crippen molar-refractivity contribution in [3.63, 3.8) is 0 Å². The van der Waals surface area contributed by atoms with Gasteiger partial charge in [0.1, 0.15) is 12.0 Å². The van der Waals surface area contributed by atoms with Gasteiger partial charge in [-0.3, -0.25) is 0 Å². The summed E-state index contributed by atoms with van der Waals surface area (Å²) in [5.74, 6) is 0.799. The second kappa shape index (κ2) is 3.20. The van der Waals surface area contributed by atoms with Crippen molar-refractivity contribution in [2.24, 2.45) is 0 Å². The Kier molecular flexibility index (Phi) is 1.75. The summed E-state index contributed by atoms with van der Waals surface area (Å²) in [7, 11) is 0. The molecule has 3 aromatic rings. The number of para-hydroxylation sites is 1. The highest BCUT2D eigenvalue weighted by molar-refractivity contribution is 5.81. The van der Waals surface area contributed by atoms with Crippen LogP contribution in [0.1, 0.15) is 0 Å². The summed E-state index contributed by atoms with van der Waals surface area (Å²) in [6.07, 6.45) is 6.48.